The van der Waals surface area contributed by atoms with Crippen LogP contribution < -0.4 is 5.32 Å². The van der Waals surface area contributed by atoms with Gasteiger partial charge in [-0.15, -0.1) is 24.0 Å². The van der Waals surface area contributed by atoms with Gasteiger partial charge in [0.15, 0.2) is 15.8 Å². The maximum Gasteiger partial charge on any atom is 0.410 e. The first-order valence-corrected chi connectivity index (χ1v) is 12.2. The molecular formula is C20H39IN4O4S. The molecule has 176 valence electrons. The molecule has 2 heterocycles. The highest BCUT2D eigenvalue weighted by molar-refractivity contribution is 14.0. The Morgan fingerprint density at radius 3 is 2.27 bits per heavy atom. The Hall–Kier alpha value is -0.780. The zero-order valence-corrected chi connectivity index (χ0v) is 22.4. The van der Waals surface area contributed by atoms with Crippen molar-refractivity contribution < 1.29 is 17.9 Å². The Balaban J connectivity index is 0.00000450. The summed E-state index contributed by atoms with van der Waals surface area (Å²) >= 11 is 0. The number of amides is 1. The quantitative estimate of drug-likeness (QED) is 0.326. The van der Waals surface area contributed by atoms with Gasteiger partial charge in [-0.2, -0.15) is 0 Å². The molecule has 0 unspecified atom stereocenters. The van der Waals surface area contributed by atoms with Crippen LogP contribution in [0.5, 0.6) is 0 Å². The van der Waals surface area contributed by atoms with Gasteiger partial charge in [-0.05, 0) is 60.3 Å². The standard InChI is InChI=1S/C20H38N4O4S.HI/c1-7-21-17(24-12-13-29(26,27)20(5,6)15-24)22-14-16-8-10-23(11-9-16)18(25)28-19(2,3)4;/h16H,7-15H2,1-6H3,(H,21,22);1H. The van der Waals surface area contributed by atoms with Gasteiger partial charge < -0.3 is 19.9 Å². The Morgan fingerprint density at radius 1 is 1.17 bits per heavy atom. The van der Waals surface area contributed by atoms with E-state index in [1.807, 2.05) is 27.7 Å². The van der Waals surface area contributed by atoms with Crippen molar-refractivity contribution >= 4 is 45.9 Å². The largest absolute Gasteiger partial charge is 0.444 e. The van der Waals surface area contributed by atoms with Crippen LogP contribution in [0.15, 0.2) is 4.99 Å². The summed E-state index contributed by atoms with van der Waals surface area (Å²) in [4.78, 5) is 20.8. The number of carbonyl (C=O) groups is 1. The van der Waals surface area contributed by atoms with Gasteiger partial charge in [-0.1, -0.05) is 0 Å². The molecule has 8 nitrogen and oxygen atoms in total. The maximum atomic E-state index is 12.3. The van der Waals surface area contributed by atoms with Gasteiger partial charge >= 0.3 is 6.09 Å². The third-order valence-corrected chi connectivity index (χ3v) is 7.98. The van der Waals surface area contributed by atoms with Crippen LogP contribution in [0.1, 0.15) is 54.4 Å². The highest BCUT2D eigenvalue weighted by atomic mass is 127. The fourth-order valence-corrected chi connectivity index (χ4v) is 4.96. The summed E-state index contributed by atoms with van der Waals surface area (Å²) in [5.41, 5.74) is -0.478. The van der Waals surface area contributed by atoms with E-state index in [4.69, 9.17) is 9.73 Å². The van der Waals surface area contributed by atoms with E-state index in [0.29, 0.717) is 38.6 Å². The van der Waals surface area contributed by atoms with Gasteiger partial charge in [0.05, 0.1) is 10.5 Å². The predicted octanol–water partition coefficient (Wildman–Crippen LogP) is 2.73. The number of aliphatic imine (C=N–C) groups is 1. The van der Waals surface area contributed by atoms with Crippen LogP contribution in [0, 0.1) is 5.92 Å². The van der Waals surface area contributed by atoms with Gasteiger partial charge in [0.25, 0.3) is 0 Å². The summed E-state index contributed by atoms with van der Waals surface area (Å²) in [6, 6.07) is 0. The molecule has 2 aliphatic rings. The van der Waals surface area contributed by atoms with Gasteiger partial charge in [0.1, 0.15) is 5.60 Å². The van der Waals surface area contributed by atoms with E-state index in [9.17, 15) is 13.2 Å². The molecule has 0 bridgehead atoms. The molecule has 0 atom stereocenters. The molecule has 2 aliphatic heterocycles. The number of rotatable bonds is 3. The van der Waals surface area contributed by atoms with Crippen molar-refractivity contribution in [1.82, 2.24) is 15.1 Å². The summed E-state index contributed by atoms with van der Waals surface area (Å²) in [5, 5.41) is 3.31. The topological polar surface area (TPSA) is 91.3 Å². The molecule has 2 saturated heterocycles. The number of sulfone groups is 1. The van der Waals surface area contributed by atoms with Crippen molar-refractivity contribution in [2.24, 2.45) is 10.9 Å². The fourth-order valence-electron chi connectivity index (χ4n) is 3.59. The molecule has 0 aliphatic carbocycles. The minimum atomic E-state index is -3.08. The average molecular weight is 559 g/mol. The molecule has 1 amide bonds. The minimum absolute atomic E-state index is 0. The van der Waals surface area contributed by atoms with E-state index in [1.165, 1.54) is 0 Å². The first kappa shape index (κ1) is 27.3. The number of halogens is 1. The second-order valence-corrected chi connectivity index (χ2v) is 12.3. The molecule has 30 heavy (non-hydrogen) atoms. The second kappa shape index (κ2) is 10.7. The van der Waals surface area contributed by atoms with Crippen molar-refractivity contribution in [1.29, 1.82) is 0 Å². The summed E-state index contributed by atoms with van der Waals surface area (Å²) in [6.07, 6.45) is 1.54. The highest BCUT2D eigenvalue weighted by Crippen LogP contribution is 2.24. The Bertz CT molecular complexity index is 711. The van der Waals surface area contributed by atoms with E-state index >= 15 is 0 Å². The lowest BCUT2D eigenvalue weighted by atomic mass is 9.97. The van der Waals surface area contributed by atoms with Crippen molar-refractivity contribution in [3.8, 4) is 0 Å². The fraction of sp³-hybridized carbons (Fsp3) is 0.900. The molecule has 0 aromatic rings. The number of carbonyl (C=O) groups excluding carboxylic acids is 1. The van der Waals surface area contributed by atoms with E-state index in [-0.39, 0.29) is 35.8 Å². The van der Waals surface area contributed by atoms with Crippen LogP contribution in [0.2, 0.25) is 0 Å². The Labute approximate surface area is 199 Å². The molecule has 0 aromatic carbocycles. The number of nitrogens with one attached hydrogen (secondary N) is 1. The zero-order chi connectivity index (χ0) is 21.9. The SMILES string of the molecule is CCNC(=NCC1CCN(C(=O)OC(C)(C)C)CC1)N1CCS(=O)(=O)C(C)(C)C1.I. The van der Waals surface area contributed by atoms with Crippen LogP contribution in [0.25, 0.3) is 0 Å². The molecule has 0 radical (unpaired) electrons. The predicted molar refractivity (Wildman–Crippen MR) is 131 cm³/mol. The lowest BCUT2D eigenvalue weighted by molar-refractivity contribution is 0.0187. The highest BCUT2D eigenvalue weighted by Gasteiger charge is 2.41. The first-order valence-electron chi connectivity index (χ1n) is 10.6. The molecule has 10 heteroatoms. The molecule has 1 N–H and O–H groups in total. The number of hydrogen-bond acceptors (Lipinski definition) is 5. The summed E-state index contributed by atoms with van der Waals surface area (Å²) in [6.45, 7) is 14.9. The van der Waals surface area contributed by atoms with Gasteiger partial charge in [-0.3, -0.25) is 4.99 Å². The lowest BCUT2D eigenvalue weighted by Gasteiger charge is -2.39. The van der Waals surface area contributed by atoms with Crippen LogP contribution in [-0.4, -0.2) is 85.6 Å². The Kier molecular flexibility index (Phi) is 9.71. The lowest BCUT2D eigenvalue weighted by Crippen LogP contribution is -2.57. The monoisotopic (exact) mass is 558 g/mol. The third kappa shape index (κ3) is 7.42. The minimum Gasteiger partial charge on any atom is -0.444 e. The Morgan fingerprint density at radius 2 is 1.77 bits per heavy atom. The first-order chi connectivity index (χ1) is 13.3. The summed E-state index contributed by atoms with van der Waals surface area (Å²) in [7, 11) is -3.08. The van der Waals surface area contributed by atoms with Crippen LogP contribution >= 0.6 is 24.0 Å². The third-order valence-electron chi connectivity index (χ3n) is 5.44. The molecular weight excluding hydrogens is 519 g/mol. The maximum absolute atomic E-state index is 12.3. The smallest absolute Gasteiger partial charge is 0.410 e. The van der Waals surface area contributed by atoms with E-state index < -0.39 is 20.2 Å². The van der Waals surface area contributed by atoms with Gasteiger partial charge in [-0.25, -0.2) is 13.2 Å². The number of hydrogen-bond donors (Lipinski definition) is 1. The molecule has 2 rings (SSSR count). The number of guanidine groups is 1. The van der Waals surface area contributed by atoms with Crippen LogP contribution in [-0.2, 0) is 14.6 Å². The van der Waals surface area contributed by atoms with Crippen LogP contribution in [0.4, 0.5) is 4.79 Å². The summed E-state index contributed by atoms with van der Waals surface area (Å²) < 4.78 is 29.2. The number of ether oxygens (including phenoxy) is 1. The normalized spacial score (nSPS) is 22.3. The van der Waals surface area contributed by atoms with Gasteiger partial charge in [0.2, 0.25) is 0 Å². The summed E-state index contributed by atoms with van der Waals surface area (Å²) in [5.74, 6) is 1.34. The van der Waals surface area contributed by atoms with Gasteiger partial charge in [0, 0.05) is 39.3 Å². The number of piperidine rings is 1. The van der Waals surface area contributed by atoms with Crippen LogP contribution in [0.3, 0.4) is 0 Å². The molecule has 0 spiro atoms. The average Bonchev–Trinajstić information content (AvgIpc) is 2.60. The molecule has 2 fully saturated rings. The molecule has 0 aromatic heterocycles. The zero-order valence-electron chi connectivity index (χ0n) is 19.2. The van der Waals surface area contributed by atoms with Crippen molar-refractivity contribution in [2.45, 2.75) is 64.7 Å². The second-order valence-electron chi connectivity index (χ2n) is 9.61. The molecule has 0 saturated carbocycles. The van der Waals surface area contributed by atoms with E-state index in [2.05, 4.69) is 10.2 Å². The van der Waals surface area contributed by atoms with Crippen molar-refractivity contribution in [3.05, 3.63) is 0 Å². The van der Waals surface area contributed by atoms with E-state index in [0.717, 1.165) is 25.3 Å². The van der Waals surface area contributed by atoms with E-state index in [1.54, 1.807) is 18.7 Å². The number of likely N-dealkylation sites (tertiary alicyclic amines) is 1. The van der Waals surface area contributed by atoms with Crippen molar-refractivity contribution in [3.63, 3.8) is 0 Å². The number of nitrogens with zero attached hydrogens (tertiary/aromatic N) is 3. The van der Waals surface area contributed by atoms with Crippen molar-refractivity contribution in [2.75, 3.05) is 45.0 Å².